The molecule has 398 valence electrons. The predicted molar refractivity (Wildman–Crippen MR) is 302 cm³/mol. The van der Waals surface area contributed by atoms with Crippen LogP contribution in [0.2, 0.25) is 0 Å². The first kappa shape index (κ1) is 66.1. The van der Waals surface area contributed by atoms with Gasteiger partial charge in [-0.2, -0.15) is 0 Å². The fourth-order valence-electron chi connectivity index (χ4n) is 7.78. The Hall–Kier alpha value is -3.93. The van der Waals surface area contributed by atoms with E-state index in [1.165, 1.54) is 83.5 Å². The molecule has 0 fully saturated rings. The first-order valence-corrected chi connectivity index (χ1v) is 28.9. The molecule has 0 aliphatic rings. The Morgan fingerprint density at radius 2 is 0.514 bits per heavy atom. The average Bonchev–Trinajstić information content (AvgIpc) is 3.36. The highest BCUT2D eigenvalue weighted by Crippen LogP contribution is 2.15. The summed E-state index contributed by atoms with van der Waals surface area (Å²) in [6.45, 7) is 6.29. The second-order valence-corrected chi connectivity index (χ2v) is 18.8. The molecule has 0 aromatic carbocycles. The topological polar surface area (TPSA) is 78.9 Å². The molecule has 6 heteroatoms. The molecule has 0 aromatic rings. The minimum absolute atomic E-state index is 0.0916. The monoisotopic (exact) mass is 971 g/mol. The van der Waals surface area contributed by atoms with Gasteiger partial charge in [-0.05, 0) is 116 Å². The van der Waals surface area contributed by atoms with Gasteiger partial charge in [0.05, 0.1) is 0 Å². The fraction of sp³-hybridized carbons (Fsp3) is 0.672. The molecule has 0 amide bonds. The number of unbranched alkanes of at least 4 members (excludes halogenated alkanes) is 22. The lowest BCUT2D eigenvalue weighted by atomic mass is 10.1. The predicted octanol–water partition coefficient (Wildman–Crippen LogP) is 19.5. The van der Waals surface area contributed by atoms with Crippen LogP contribution in [0.25, 0.3) is 0 Å². The maximum Gasteiger partial charge on any atom is 0.306 e. The van der Waals surface area contributed by atoms with E-state index in [0.717, 1.165) is 135 Å². The summed E-state index contributed by atoms with van der Waals surface area (Å²) in [5, 5.41) is 0. The molecule has 0 N–H and O–H groups in total. The van der Waals surface area contributed by atoms with Crippen LogP contribution in [0, 0.1) is 0 Å². The SMILES string of the molecule is CC/C=C\C/C=C\C/C=C\CCCCCCCCCCCC(=O)OCC(COC(=O)CCCCCC/C=C\C/C=C\C/C=C\CC)OC(=O)CCCCCCCCCCC/C=C\C/C=C\C/C=C\CC. The highest BCUT2D eigenvalue weighted by molar-refractivity contribution is 5.71. The van der Waals surface area contributed by atoms with Crippen molar-refractivity contribution in [3.05, 3.63) is 109 Å². The molecule has 0 aliphatic heterocycles. The lowest BCUT2D eigenvalue weighted by molar-refractivity contribution is -0.167. The van der Waals surface area contributed by atoms with Crippen LogP contribution in [0.1, 0.15) is 258 Å². The molecule has 0 rings (SSSR count). The molecule has 1 unspecified atom stereocenters. The maximum atomic E-state index is 12.9. The summed E-state index contributed by atoms with van der Waals surface area (Å²) in [5.41, 5.74) is 0. The normalized spacial score (nSPS) is 12.9. The number of rotatable bonds is 51. The third kappa shape index (κ3) is 55.0. The Labute approximate surface area is 431 Å². The molecule has 70 heavy (non-hydrogen) atoms. The summed E-state index contributed by atoms with van der Waals surface area (Å²) in [7, 11) is 0. The van der Waals surface area contributed by atoms with Gasteiger partial charge in [-0.15, -0.1) is 0 Å². The number of hydrogen-bond acceptors (Lipinski definition) is 6. The van der Waals surface area contributed by atoms with Crippen LogP contribution in [-0.4, -0.2) is 37.2 Å². The van der Waals surface area contributed by atoms with Gasteiger partial charge < -0.3 is 14.2 Å². The maximum absolute atomic E-state index is 12.9. The third-order valence-corrected chi connectivity index (χ3v) is 12.0. The summed E-state index contributed by atoms with van der Waals surface area (Å²) in [6.07, 6.45) is 77.9. The van der Waals surface area contributed by atoms with E-state index < -0.39 is 6.10 Å². The van der Waals surface area contributed by atoms with E-state index in [0.29, 0.717) is 19.3 Å². The van der Waals surface area contributed by atoms with Gasteiger partial charge in [-0.25, -0.2) is 0 Å². The Morgan fingerprint density at radius 1 is 0.286 bits per heavy atom. The van der Waals surface area contributed by atoms with Crippen LogP contribution in [0.4, 0.5) is 0 Å². The molecule has 1 atom stereocenters. The first-order chi connectivity index (χ1) is 34.5. The van der Waals surface area contributed by atoms with Crippen molar-refractivity contribution in [3.63, 3.8) is 0 Å². The van der Waals surface area contributed by atoms with E-state index in [2.05, 4.69) is 130 Å². The number of esters is 3. The minimum Gasteiger partial charge on any atom is -0.462 e. The van der Waals surface area contributed by atoms with E-state index in [9.17, 15) is 14.4 Å². The number of ether oxygens (including phenoxy) is 3. The Morgan fingerprint density at radius 3 is 0.800 bits per heavy atom. The molecular formula is C64H106O6. The molecule has 6 nitrogen and oxygen atoms in total. The summed E-state index contributed by atoms with van der Waals surface area (Å²) >= 11 is 0. The Balaban J connectivity index is 4.42. The first-order valence-electron chi connectivity index (χ1n) is 28.9. The van der Waals surface area contributed by atoms with Crippen LogP contribution in [0.15, 0.2) is 109 Å². The van der Waals surface area contributed by atoms with E-state index in [4.69, 9.17) is 14.2 Å². The lowest BCUT2D eigenvalue weighted by Crippen LogP contribution is -2.30. The summed E-state index contributed by atoms with van der Waals surface area (Å²) in [4.78, 5) is 38.2. The zero-order valence-electron chi connectivity index (χ0n) is 45.5. The zero-order valence-corrected chi connectivity index (χ0v) is 45.5. The second-order valence-electron chi connectivity index (χ2n) is 18.8. The average molecular weight is 972 g/mol. The van der Waals surface area contributed by atoms with Crippen molar-refractivity contribution in [2.24, 2.45) is 0 Å². The van der Waals surface area contributed by atoms with Gasteiger partial charge in [0.1, 0.15) is 13.2 Å². The van der Waals surface area contributed by atoms with E-state index in [1.54, 1.807) is 0 Å². The summed E-state index contributed by atoms with van der Waals surface area (Å²) in [6, 6.07) is 0. The number of carbonyl (C=O) groups is 3. The highest BCUT2D eigenvalue weighted by Gasteiger charge is 2.19. The molecule has 0 aromatic heterocycles. The molecule has 0 saturated carbocycles. The van der Waals surface area contributed by atoms with Crippen LogP contribution in [0.5, 0.6) is 0 Å². The van der Waals surface area contributed by atoms with Gasteiger partial charge in [0.15, 0.2) is 6.10 Å². The van der Waals surface area contributed by atoms with Crippen LogP contribution >= 0.6 is 0 Å². The Bertz CT molecular complexity index is 1440. The minimum atomic E-state index is -0.795. The Kier molecular flexibility index (Phi) is 54.4. The number of allylic oxidation sites excluding steroid dienone is 18. The number of hydrogen-bond donors (Lipinski definition) is 0. The molecular weight excluding hydrogens is 865 g/mol. The van der Waals surface area contributed by atoms with Crippen LogP contribution < -0.4 is 0 Å². The second kappa shape index (κ2) is 57.6. The quantitative estimate of drug-likeness (QED) is 0.0262. The van der Waals surface area contributed by atoms with Crippen LogP contribution in [0.3, 0.4) is 0 Å². The molecule has 0 spiro atoms. The summed E-state index contributed by atoms with van der Waals surface area (Å²) in [5.74, 6) is -0.923. The van der Waals surface area contributed by atoms with Gasteiger partial charge in [0.25, 0.3) is 0 Å². The van der Waals surface area contributed by atoms with Gasteiger partial charge in [-0.3, -0.25) is 14.4 Å². The van der Waals surface area contributed by atoms with E-state index in [1.807, 2.05) is 0 Å². The van der Waals surface area contributed by atoms with Gasteiger partial charge in [-0.1, -0.05) is 233 Å². The molecule has 0 saturated heterocycles. The zero-order chi connectivity index (χ0) is 50.7. The van der Waals surface area contributed by atoms with Crippen molar-refractivity contribution in [1.82, 2.24) is 0 Å². The summed E-state index contributed by atoms with van der Waals surface area (Å²) < 4.78 is 16.9. The highest BCUT2D eigenvalue weighted by atomic mass is 16.6. The lowest BCUT2D eigenvalue weighted by Gasteiger charge is -2.18. The van der Waals surface area contributed by atoms with Crippen molar-refractivity contribution in [2.75, 3.05) is 13.2 Å². The van der Waals surface area contributed by atoms with Crippen molar-refractivity contribution < 1.29 is 28.6 Å². The molecule has 0 aliphatic carbocycles. The standard InChI is InChI=1S/C64H106O6/c1-4-7-10-13-16-19-22-25-28-30-32-34-36-39-42-45-48-51-54-57-63(66)69-60-61(59-68-62(65)56-53-50-47-44-41-38-27-24-21-18-15-12-9-6-3)70-64(67)58-55-52-49-46-43-40-37-35-33-31-29-26-23-20-17-14-11-8-5-2/h7-12,16-21,25-29,38,61H,4-6,13-15,22-24,30-37,39-60H2,1-3H3/b10-7-,11-8-,12-9-,19-16-,20-17-,21-18-,28-25-,29-26-,38-27-. The third-order valence-electron chi connectivity index (χ3n) is 12.0. The van der Waals surface area contributed by atoms with Crippen molar-refractivity contribution in [3.8, 4) is 0 Å². The molecule has 0 heterocycles. The van der Waals surface area contributed by atoms with Crippen molar-refractivity contribution >= 4 is 17.9 Å². The van der Waals surface area contributed by atoms with E-state index in [-0.39, 0.29) is 31.1 Å². The largest absolute Gasteiger partial charge is 0.462 e. The molecule has 0 radical (unpaired) electrons. The van der Waals surface area contributed by atoms with Crippen molar-refractivity contribution in [1.29, 1.82) is 0 Å². The van der Waals surface area contributed by atoms with Crippen LogP contribution in [-0.2, 0) is 28.6 Å². The van der Waals surface area contributed by atoms with Gasteiger partial charge in [0, 0.05) is 19.3 Å². The van der Waals surface area contributed by atoms with E-state index >= 15 is 0 Å². The molecule has 0 bridgehead atoms. The van der Waals surface area contributed by atoms with Gasteiger partial charge in [0.2, 0.25) is 0 Å². The fourth-order valence-corrected chi connectivity index (χ4v) is 7.78. The number of carbonyl (C=O) groups excluding carboxylic acids is 3. The van der Waals surface area contributed by atoms with Crippen molar-refractivity contribution in [2.45, 2.75) is 264 Å². The smallest absolute Gasteiger partial charge is 0.306 e. The van der Waals surface area contributed by atoms with Gasteiger partial charge >= 0.3 is 17.9 Å².